The van der Waals surface area contributed by atoms with E-state index in [1.807, 2.05) is 19.2 Å². The van der Waals surface area contributed by atoms with E-state index in [-0.39, 0.29) is 0 Å². The van der Waals surface area contributed by atoms with Crippen LogP contribution < -0.4 is 0 Å². The molecule has 4 heteroatoms. The van der Waals surface area contributed by atoms with Crippen molar-refractivity contribution in [2.45, 2.75) is 6.92 Å². The summed E-state index contributed by atoms with van der Waals surface area (Å²) < 4.78 is 2.92. The highest BCUT2D eigenvalue weighted by Gasteiger charge is 2.04. The summed E-state index contributed by atoms with van der Waals surface area (Å²) in [5.41, 5.74) is 1.97. The maximum atomic E-state index is 4.26. The Hall–Kier alpha value is -0.650. The molecule has 2 rings (SSSR count). The molecule has 56 valence electrons. The molecule has 0 aromatic carbocycles. The molecule has 3 nitrogen and oxygen atoms in total. The maximum Gasteiger partial charge on any atom is 0.168 e. The standard InChI is InChI=1S/C7H6IN3/c1-5-6(8)7-9-3-2-4-11(7)10-5/h2-4H,1H3. The first-order valence-corrected chi connectivity index (χ1v) is 4.32. The van der Waals surface area contributed by atoms with Crippen molar-refractivity contribution >= 4 is 28.2 Å². The molecule has 0 aliphatic heterocycles. The van der Waals surface area contributed by atoms with Crippen molar-refractivity contribution in [2.75, 3.05) is 0 Å². The van der Waals surface area contributed by atoms with Gasteiger partial charge in [0.1, 0.15) is 0 Å². The zero-order valence-corrected chi connectivity index (χ0v) is 8.11. The van der Waals surface area contributed by atoms with E-state index in [0.29, 0.717) is 0 Å². The summed E-state index contributed by atoms with van der Waals surface area (Å²) in [4.78, 5) is 4.19. The van der Waals surface area contributed by atoms with Crippen LogP contribution in [-0.2, 0) is 0 Å². The van der Waals surface area contributed by atoms with Gasteiger partial charge in [0.05, 0.1) is 9.26 Å². The molecule has 0 amide bonds. The molecule has 0 atom stereocenters. The van der Waals surface area contributed by atoms with E-state index >= 15 is 0 Å². The van der Waals surface area contributed by atoms with Crippen LogP contribution in [0.4, 0.5) is 0 Å². The summed E-state index contributed by atoms with van der Waals surface area (Å²) in [5, 5.41) is 4.26. The van der Waals surface area contributed by atoms with Crippen molar-refractivity contribution < 1.29 is 0 Å². The molecule has 0 saturated heterocycles. The van der Waals surface area contributed by atoms with Crippen molar-refractivity contribution in [1.29, 1.82) is 0 Å². The smallest absolute Gasteiger partial charge is 0.168 e. The molecule has 0 bridgehead atoms. The Morgan fingerprint density at radius 2 is 2.36 bits per heavy atom. The second kappa shape index (κ2) is 2.44. The van der Waals surface area contributed by atoms with E-state index in [1.165, 1.54) is 0 Å². The first-order valence-electron chi connectivity index (χ1n) is 3.24. The van der Waals surface area contributed by atoms with Crippen LogP contribution in [0.15, 0.2) is 18.5 Å². The van der Waals surface area contributed by atoms with Crippen LogP contribution in [0.5, 0.6) is 0 Å². The van der Waals surface area contributed by atoms with Crippen molar-refractivity contribution in [2.24, 2.45) is 0 Å². The highest BCUT2D eigenvalue weighted by atomic mass is 127. The summed E-state index contributed by atoms with van der Waals surface area (Å²) >= 11 is 2.25. The molecule has 0 unspecified atom stereocenters. The van der Waals surface area contributed by atoms with Crippen molar-refractivity contribution in [3.63, 3.8) is 0 Å². The second-order valence-electron chi connectivity index (χ2n) is 2.29. The summed E-state index contributed by atoms with van der Waals surface area (Å²) in [6.45, 7) is 1.98. The molecule has 0 N–H and O–H groups in total. The van der Waals surface area contributed by atoms with Gasteiger partial charge in [-0.05, 0) is 35.6 Å². The van der Waals surface area contributed by atoms with Crippen LogP contribution in [0, 0.1) is 10.5 Å². The van der Waals surface area contributed by atoms with Crippen LogP contribution in [-0.4, -0.2) is 14.6 Å². The molecule has 0 fully saturated rings. The van der Waals surface area contributed by atoms with Gasteiger partial charge in [-0.2, -0.15) is 5.10 Å². The Kier molecular flexibility index (Phi) is 1.56. The Balaban J connectivity index is 2.92. The van der Waals surface area contributed by atoms with E-state index in [1.54, 1.807) is 10.7 Å². The molecule has 0 saturated carbocycles. The fourth-order valence-corrected chi connectivity index (χ4v) is 1.46. The van der Waals surface area contributed by atoms with Gasteiger partial charge < -0.3 is 0 Å². The third-order valence-corrected chi connectivity index (χ3v) is 2.76. The molecule has 0 aliphatic rings. The summed E-state index contributed by atoms with van der Waals surface area (Å²) in [5.74, 6) is 0. The lowest BCUT2D eigenvalue weighted by Gasteiger charge is -1.87. The minimum Gasteiger partial charge on any atom is -0.236 e. The zero-order valence-electron chi connectivity index (χ0n) is 5.95. The van der Waals surface area contributed by atoms with Gasteiger partial charge in [-0.1, -0.05) is 0 Å². The first kappa shape index (κ1) is 7.02. The monoisotopic (exact) mass is 259 g/mol. The van der Waals surface area contributed by atoms with E-state index in [0.717, 1.165) is 14.9 Å². The number of nitrogens with zero attached hydrogens (tertiary/aromatic N) is 3. The number of aromatic nitrogens is 3. The number of hydrogen-bond acceptors (Lipinski definition) is 2. The lowest BCUT2D eigenvalue weighted by atomic mass is 10.5. The van der Waals surface area contributed by atoms with E-state index in [9.17, 15) is 0 Å². The van der Waals surface area contributed by atoms with Crippen molar-refractivity contribution in [3.8, 4) is 0 Å². The van der Waals surface area contributed by atoms with Gasteiger partial charge >= 0.3 is 0 Å². The molecule has 0 aliphatic carbocycles. The van der Waals surface area contributed by atoms with Crippen LogP contribution in [0.25, 0.3) is 5.65 Å². The third kappa shape index (κ3) is 1.01. The fourth-order valence-electron chi connectivity index (χ4n) is 0.969. The summed E-state index contributed by atoms with van der Waals surface area (Å²) in [7, 11) is 0. The Bertz CT molecular complexity index is 393. The highest BCUT2D eigenvalue weighted by Crippen LogP contribution is 2.14. The Morgan fingerprint density at radius 1 is 1.55 bits per heavy atom. The van der Waals surface area contributed by atoms with E-state index < -0.39 is 0 Å². The van der Waals surface area contributed by atoms with Gasteiger partial charge in [-0.15, -0.1) is 0 Å². The topological polar surface area (TPSA) is 30.2 Å². The highest BCUT2D eigenvalue weighted by molar-refractivity contribution is 14.1. The number of halogens is 1. The van der Waals surface area contributed by atoms with Gasteiger partial charge in [0.15, 0.2) is 5.65 Å². The predicted octanol–water partition coefficient (Wildman–Crippen LogP) is 1.64. The van der Waals surface area contributed by atoms with Gasteiger partial charge in [-0.25, -0.2) is 9.50 Å². The van der Waals surface area contributed by atoms with Gasteiger partial charge in [0, 0.05) is 12.4 Å². The lowest BCUT2D eigenvalue weighted by molar-refractivity contribution is 0.917. The minimum absolute atomic E-state index is 0.936. The van der Waals surface area contributed by atoms with Crippen molar-refractivity contribution in [3.05, 3.63) is 27.7 Å². The minimum atomic E-state index is 0.936. The Morgan fingerprint density at radius 3 is 3.09 bits per heavy atom. The molecular formula is C7H6IN3. The molecule has 0 spiro atoms. The fraction of sp³-hybridized carbons (Fsp3) is 0.143. The van der Waals surface area contributed by atoms with Crippen LogP contribution in [0.1, 0.15) is 5.69 Å². The number of fused-ring (bicyclic) bond motifs is 1. The van der Waals surface area contributed by atoms with Crippen molar-refractivity contribution in [1.82, 2.24) is 14.6 Å². The molecular weight excluding hydrogens is 253 g/mol. The SMILES string of the molecule is Cc1nn2cccnc2c1I. The molecule has 0 radical (unpaired) electrons. The van der Waals surface area contributed by atoms with Gasteiger partial charge in [-0.3, -0.25) is 0 Å². The molecule has 11 heavy (non-hydrogen) atoms. The van der Waals surface area contributed by atoms with Gasteiger partial charge in [0.25, 0.3) is 0 Å². The number of aryl methyl sites for hydroxylation is 1. The number of hydrogen-bond donors (Lipinski definition) is 0. The molecule has 2 heterocycles. The number of rotatable bonds is 0. The average Bonchev–Trinajstić information content (AvgIpc) is 2.30. The molecule has 2 aromatic heterocycles. The average molecular weight is 259 g/mol. The predicted molar refractivity (Wildman–Crippen MR) is 50.4 cm³/mol. The maximum absolute atomic E-state index is 4.26. The zero-order chi connectivity index (χ0) is 7.84. The molecule has 2 aromatic rings. The van der Waals surface area contributed by atoms with Crippen LogP contribution in [0.2, 0.25) is 0 Å². The largest absolute Gasteiger partial charge is 0.236 e. The first-order chi connectivity index (χ1) is 5.29. The van der Waals surface area contributed by atoms with E-state index in [2.05, 4.69) is 32.7 Å². The quantitative estimate of drug-likeness (QED) is 0.673. The Labute approximate surface area is 77.6 Å². The van der Waals surface area contributed by atoms with Crippen LogP contribution in [0.3, 0.4) is 0 Å². The second-order valence-corrected chi connectivity index (χ2v) is 3.37. The van der Waals surface area contributed by atoms with Crippen LogP contribution >= 0.6 is 22.6 Å². The third-order valence-electron chi connectivity index (χ3n) is 1.50. The summed E-state index contributed by atoms with van der Waals surface area (Å²) in [6.07, 6.45) is 3.68. The van der Waals surface area contributed by atoms with Gasteiger partial charge in [0.2, 0.25) is 0 Å². The normalized spacial score (nSPS) is 10.7. The lowest BCUT2D eigenvalue weighted by Crippen LogP contribution is -1.86. The summed E-state index contributed by atoms with van der Waals surface area (Å²) in [6, 6.07) is 1.87. The van der Waals surface area contributed by atoms with E-state index in [4.69, 9.17) is 0 Å².